The van der Waals surface area contributed by atoms with E-state index in [9.17, 15) is 4.79 Å². The summed E-state index contributed by atoms with van der Waals surface area (Å²) >= 11 is 3.40. The summed E-state index contributed by atoms with van der Waals surface area (Å²) < 4.78 is 1.00. The highest BCUT2D eigenvalue weighted by molar-refractivity contribution is 9.10. The van der Waals surface area contributed by atoms with Crippen LogP contribution in [0.1, 0.15) is 29.5 Å². The molecule has 0 aromatic heterocycles. The summed E-state index contributed by atoms with van der Waals surface area (Å²) in [5.74, 6) is 0.551. The Labute approximate surface area is 170 Å². The summed E-state index contributed by atoms with van der Waals surface area (Å²) in [5, 5.41) is 5.90. The molecule has 2 aromatic carbocycles. The van der Waals surface area contributed by atoms with Gasteiger partial charge in [-0.05, 0) is 81.1 Å². The van der Waals surface area contributed by atoms with E-state index in [4.69, 9.17) is 0 Å². The minimum atomic E-state index is -0.130. The van der Waals surface area contributed by atoms with Crippen molar-refractivity contribution in [3.05, 3.63) is 63.6 Å². The molecule has 0 aliphatic carbocycles. The molecule has 0 spiro atoms. The maximum absolute atomic E-state index is 12.1. The van der Waals surface area contributed by atoms with Crippen LogP contribution in [0.4, 0.5) is 10.5 Å². The Kier molecular flexibility index (Phi) is 6.91. The fraction of sp³-hybridized carbons (Fsp3) is 0.409. The lowest BCUT2D eigenvalue weighted by Crippen LogP contribution is -2.39. The van der Waals surface area contributed by atoms with Crippen molar-refractivity contribution in [1.29, 1.82) is 0 Å². The molecule has 0 atom stereocenters. The van der Waals surface area contributed by atoms with E-state index in [0.29, 0.717) is 5.92 Å². The predicted octanol–water partition coefficient (Wildman–Crippen LogP) is 5.10. The van der Waals surface area contributed by atoms with Gasteiger partial charge in [-0.3, -0.25) is 4.90 Å². The van der Waals surface area contributed by atoms with Crippen molar-refractivity contribution in [2.75, 3.05) is 25.0 Å². The molecule has 3 rings (SSSR count). The van der Waals surface area contributed by atoms with E-state index in [-0.39, 0.29) is 6.03 Å². The van der Waals surface area contributed by atoms with Crippen LogP contribution in [-0.4, -0.2) is 30.6 Å². The summed E-state index contributed by atoms with van der Waals surface area (Å²) in [7, 11) is 0. The van der Waals surface area contributed by atoms with E-state index in [1.165, 1.54) is 16.7 Å². The number of carbonyl (C=O) groups excluding carboxylic acids is 1. The Balaban J connectivity index is 1.39. The number of nitrogens with one attached hydrogen (secondary N) is 2. The fourth-order valence-corrected chi connectivity index (χ4v) is 3.77. The summed E-state index contributed by atoms with van der Waals surface area (Å²) in [6.45, 7) is 8.29. The summed E-state index contributed by atoms with van der Waals surface area (Å²) in [5.41, 5.74) is 4.93. The van der Waals surface area contributed by atoms with Gasteiger partial charge in [0, 0.05) is 23.2 Å². The zero-order valence-electron chi connectivity index (χ0n) is 16.1. The Hall–Kier alpha value is -1.85. The number of rotatable bonds is 5. The molecule has 1 saturated heterocycles. The molecule has 0 unspecified atom stereocenters. The second-order valence-corrected chi connectivity index (χ2v) is 8.41. The lowest BCUT2D eigenvalue weighted by atomic mass is 9.96. The molecule has 144 valence electrons. The number of halogens is 1. The first-order valence-electron chi connectivity index (χ1n) is 9.58. The van der Waals surface area contributed by atoms with Crippen LogP contribution < -0.4 is 10.6 Å². The number of aryl methyl sites for hydroxylation is 2. The van der Waals surface area contributed by atoms with Crippen molar-refractivity contribution in [3.63, 3.8) is 0 Å². The van der Waals surface area contributed by atoms with E-state index < -0.39 is 0 Å². The third-order valence-electron chi connectivity index (χ3n) is 5.26. The molecule has 0 saturated carbocycles. The van der Waals surface area contributed by atoms with Gasteiger partial charge in [-0.1, -0.05) is 39.7 Å². The zero-order valence-corrected chi connectivity index (χ0v) is 17.7. The first-order valence-corrected chi connectivity index (χ1v) is 10.4. The summed E-state index contributed by atoms with van der Waals surface area (Å²) in [4.78, 5) is 14.6. The summed E-state index contributed by atoms with van der Waals surface area (Å²) in [6.07, 6.45) is 2.26. The molecule has 2 aromatic rings. The number of piperidine rings is 1. The third-order valence-corrected chi connectivity index (χ3v) is 5.79. The molecular weight excluding hydrogens is 402 g/mol. The zero-order chi connectivity index (χ0) is 19.2. The fourth-order valence-electron chi connectivity index (χ4n) is 3.51. The first kappa shape index (κ1) is 19.9. The lowest BCUT2D eigenvalue weighted by Gasteiger charge is -2.32. The SMILES string of the molecule is Cc1ccc(C)c(CN2CCC(CNC(=O)Nc3ccc(Br)cc3)CC2)c1. The van der Waals surface area contributed by atoms with Crippen LogP contribution in [0.3, 0.4) is 0 Å². The molecular formula is C22H28BrN3O. The number of nitrogens with zero attached hydrogens (tertiary/aromatic N) is 1. The Morgan fingerprint density at radius 3 is 2.52 bits per heavy atom. The maximum Gasteiger partial charge on any atom is 0.319 e. The van der Waals surface area contributed by atoms with Crippen LogP contribution in [0, 0.1) is 19.8 Å². The van der Waals surface area contributed by atoms with Gasteiger partial charge in [0.15, 0.2) is 0 Å². The van der Waals surface area contributed by atoms with Gasteiger partial charge in [-0.25, -0.2) is 4.79 Å². The average Bonchev–Trinajstić information content (AvgIpc) is 2.66. The number of amides is 2. The van der Waals surface area contributed by atoms with Gasteiger partial charge < -0.3 is 10.6 Å². The number of hydrogen-bond acceptors (Lipinski definition) is 2. The highest BCUT2D eigenvalue weighted by Crippen LogP contribution is 2.20. The van der Waals surface area contributed by atoms with E-state index >= 15 is 0 Å². The second-order valence-electron chi connectivity index (χ2n) is 7.49. The largest absolute Gasteiger partial charge is 0.338 e. The highest BCUT2D eigenvalue weighted by Gasteiger charge is 2.20. The van der Waals surface area contributed by atoms with Gasteiger partial charge in [-0.2, -0.15) is 0 Å². The van der Waals surface area contributed by atoms with Crippen LogP contribution in [-0.2, 0) is 6.54 Å². The number of likely N-dealkylation sites (tertiary alicyclic amines) is 1. The quantitative estimate of drug-likeness (QED) is 0.693. The van der Waals surface area contributed by atoms with Gasteiger partial charge in [-0.15, -0.1) is 0 Å². The van der Waals surface area contributed by atoms with Crippen molar-refractivity contribution in [2.45, 2.75) is 33.2 Å². The number of hydrogen-bond donors (Lipinski definition) is 2. The van der Waals surface area contributed by atoms with Crippen LogP contribution in [0.5, 0.6) is 0 Å². The van der Waals surface area contributed by atoms with Crippen molar-refractivity contribution >= 4 is 27.6 Å². The van der Waals surface area contributed by atoms with Gasteiger partial charge in [0.25, 0.3) is 0 Å². The van der Waals surface area contributed by atoms with E-state index in [1.54, 1.807) is 0 Å². The van der Waals surface area contributed by atoms with Gasteiger partial charge in [0.05, 0.1) is 0 Å². The van der Waals surface area contributed by atoms with Crippen LogP contribution in [0.2, 0.25) is 0 Å². The molecule has 27 heavy (non-hydrogen) atoms. The van der Waals surface area contributed by atoms with Crippen LogP contribution >= 0.6 is 15.9 Å². The monoisotopic (exact) mass is 429 g/mol. The van der Waals surface area contributed by atoms with Gasteiger partial charge >= 0.3 is 6.03 Å². The number of urea groups is 1. The first-order chi connectivity index (χ1) is 13.0. The molecule has 1 aliphatic rings. The normalized spacial score (nSPS) is 15.5. The second kappa shape index (κ2) is 9.38. The van der Waals surface area contributed by atoms with Crippen molar-refractivity contribution in [3.8, 4) is 0 Å². The smallest absolute Gasteiger partial charge is 0.319 e. The van der Waals surface area contributed by atoms with E-state index in [2.05, 4.69) is 63.5 Å². The molecule has 5 heteroatoms. The molecule has 1 aliphatic heterocycles. The Morgan fingerprint density at radius 1 is 1.11 bits per heavy atom. The van der Waals surface area contributed by atoms with Gasteiger partial charge in [0.1, 0.15) is 0 Å². The molecule has 0 radical (unpaired) electrons. The molecule has 1 fully saturated rings. The van der Waals surface area contributed by atoms with Crippen LogP contribution in [0.25, 0.3) is 0 Å². The maximum atomic E-state index is 12.1. The minimum absolute atomic E-state index is 0.130. The molecule has 4 nitrogen and oxygen atoms in total. The standard InChI is InChI=1S/C22H28BrN3O/c1-16-3-4-17(2)19(13-16)15-26-11-9-18(10-12-26)14-24-22(27)25-21-7-5-20(23)6-8-21/h3-8,13,18H,9-12,14-15H2,1-2H3,(H2,24,25,27). The average molecular weight is 430 g/mol. The predicted molar refractivity (Wildman–Crippen MR) is 115 cm³/mol. The minimum Gasteiger partial charge on any atom is -0.338 e. The third kappa shape index (κ3) is 6.08. The van der Waals surface area contributed by atoms with Gasteiger partial charge in [0.2, 0.25) is 0 Å². The topological polar surface area (TPSA) is 44.4 Å². The Morgan fingerprint density at radius 2 is 1.81 bits per heavy atom. The molecule has 2 N–H and O–H groups in total. The number of carbonyl (C=O) groups is 1. The molecule has 2 amide bonds. The molecule has 1 heterocycles. The number of anilines is 1. The van der Waals surface area contributed by atoms with E-state index in [1.807, 2.05) is 24.3 Å². The molecule has 0 bridgehead atoms. The Bertz CT molecular complexity index is 768. The van der Waals surface area contributed by atoms with Crippen LogP contribution in [0.15, 0.2) is 46.9 Å². The number of benzene rings is 2. The highest BCUT2D eigenvalue weighted by atomic mass is 79.9. The summed E-state index contributed by atoms with van der Waals surface area (Å²) in [6, 6.07) is 14.2. The van der Waals surface area contributed by atoms with Crippen molar-refractivity contribution in [1.82, 2.24) is 10.2 Å². The lowest BCUT2D eigenvalue weighted by molar-refractivity contribution is 0.175. The van der Waals surface area contributed by atoms with E-state index in [0.717, 1.165) is 49.2 Å². The van der Waals surface area contributed by atoms with Crippen molar-refractivity contribution < 1.29 is 4.79 Å². The van der Waals surface area contributed by atoms with Crippen molar-refractivity contribution in [2.24, 2.45) is 5.92 Å².